The van der Waals surface area contributed by atoms with Gasteiger partial charge in [0.05, 0.1) is 14.2 Å². The highest BCUT2D eigenvalue weighted by Crippen LogP contribution is 2.11. The van der Waals surface area contributed by atoms with Crippen LogP contribution in [0.5, 0.6) is 5.75 Å². The molecule has 0 radical (unpaired) electrons. The van der Waals surface area contributed by atoms with Crippen LogP contribution in [-0.2, 0) is 14.3 Å². The van der Waals surface area contributed by atoms with E-state index in [-0.39, 0.29) is 24.2 Å². The Kier molecular flexibility index (Phi) is 9.19. The molecule has 0 aliphatic carbocycles. The van der Waals surface area contributed by atoms with Gasteiger partial charge >= 0.3 is 5.97 Å². The summed E-state index contributed by atoms with van der Waals surface area (Å²) in [5, 5.41) is 5.45. The van der Waals surface area contributed by atoms with Crippen molar-refractivity contribution in [1.29, 1.82) is 0 Å². The summed E-state index contributed by atoms with van der Waals surface area (Å²) in [5.41, 5.74) is 0.526. The predicted octanol–water partition coefficient (Wildman–Crippen LogP) is 1.91. The van der Waals surface area contributed by atoms with Crippen LogP contribution in [0.25, 0.3) is 0 Å². The molecule has 7 nitrogen and oxygen atoms in total. The quantitative estimate of drug-likeness (QED) is 0.489. The third-order valence-electron chi connectivity index (χ3n) is 3.75. The minimum atomic E-state index is -0.638. The predicted molar refractivity (Wildman–Crippen MR) is 98.0 cm³/mol. The zero-order chi connectivity index (χ0) is 19.5. The first-order chi connectivity index (χ1) is 12.4. The Morgan fingerprint density at radius 3 is 2.27 bits per heavy atom. The first-order valence-electron chi connectivity index (χ1n) is 8.66. The molecule has 7 heteroatoms. The van der Waals surface area contributed by atoms with Crippen LogP contribution in [0.15, 0.2) is 24.3 Å². The molecule has 0 aromatic heterocycles. The topological polar surface area (TPSA) is 93.7 Å². The summed E-state index contributed by atoms with van der Waals surface area (Å²) in [7, 11) is 2.86. The molecule has 26 heavy (non-hydrogen) atoms. The molecule has 0 spiro atoms. The summed E-state index contributed by atoms with van der Waals surface area (Å²) >= 11 is 0. The molecule has 0 aliphatic heterocycles. The number of ether oxygens (including phenoxy) is 2. The molecule has 0 saturated carbocycles. The minimum absolute atomic E-state index is 0.208. The summed E-state index contributed by atoms with van der Waals surface area (Å²) in [6, 6.07) is 6.14. The number of carbonyl (C=O) groups excluding carboxylic acids is 3. The molecule has 0 bridgehead atoms. The van der Waals surface area contributed by atoms with Crippen LogP contribution in [0, 0.1) is 5.92 Å². The van der Waals surface area contributed by atoms with Crippen LogP contribution in [0.3, 0.4) is 0 Å². The maximum absolute atomic E-state index is 12.0. The summed E-state index contributed by atoms with van der Waals surface area (Å²) in [6.45, 7) is 4.30. The van der Waals surface area contributed by atoms with Gasteiger partial charge in [0.2, 0.25) is 5.91 Å². The molecule has 0 heterocycles. The number of amides is 2. The van der Waals surface area contributed by atoms with Crippen LogP contribution >= 0.6 is 0 Å². The molecule has 0 aliphatic rings. The Morgan fingerprint density at radius 2 is 1.73 bits per heavy atom. The molecule has 2 amide bonds. The lowest BCUT2D eigenvalue weighted by Crippen LogP contribution is -2.42. The maximum atomic E-state index is 12.0. The first-order valence-corrected chi connectivity index (χ1v) is 8.66. The lowest BCUT2D eigenvalue weighted by atomic mass is 10.0. The number of hydrogen-bond acceptors (Lipinski definition) is 5. The van der Waals surface area contributed by atoms with E-state index in [1.165, 1.54) is 7.11 Å². The molecular weight excluding hydrogens is 336 g/mol. The standard InChI is InChI=1S/C19H28N2O5/c1-13(2)12-16(19(24)26-4)21-17(22)6-5-11-20-18(23)14-7-9-15(25-3)10-8-14/h7-10,13,16H,5-6,11-12H2,1-4H3,(H,20,23)(H,21,22)/t16-/m0/s1. The molecule has 1 aromatic carbocycles. The minimum Gasteiger partial charge on any atom is -0.497 e. The Hall–Kier alpha value is -2.57. The highest BCUT2D eigenvalue weighted by Gasteiger charge is 2.22. The molecule has 0 fully saturated rings. The summed E-state index contributed by atoms with van der Waals surface area (Å²) < 4.78 is 9.76. The summed E-state index contributed by atoms with van der Waals surface area (Å²) in [6.07, 6.45) is 1.21. The highest BCUT2D eigenvalue weighted by atomic mass is 16.5. The normalized spacial score (nSPS) is 11.6. The molecular formula is C19H28N2O5. The number of methoxy groups -OCH3 is 2. The lowest BCUT2D eigenvalue weighted by molar-refractivity contribution is -0.145. The van der Waals surface area contributed by atoms with Crippen LogP contribution in [-0.4, -0.2) is 44.6 Å². The summed E-state index contributed by atoms with van der Waals surface area (Å²) in [4.78, 5) is 35.7. The third-order valence-corrected chi connectivity index (χ3v) is 3.75. The molecule has 1 atom stereocenters. The smallest absolute Gasteiger partial charge is 0.328 e. The van der Waals surface area contributed by atoms with E-state index in [4.69, 9.17) is 9.47 Å². The number of nitrogens with one attached hydrogen (secondary N) is 2. The van der Waals surface area contributed by atoms with Crippen molar-refractivity contribution < 1.29 is 23.9 Å². The fraction of sp³-hybridized carbons (Fsp3) is 0.526. The zero-order valence-corrected chi connectivity index (χ0v) is 15.8. The number of carbonyl (C=O) groups is 3. The van der Waals surface area contributed by atoms with Crippen LogP contribution in [0.2, 0.25) is 0 Å². The zero-order valence-electron chi connectivity index (χ0n) is 15.8. The van der Waals surface area contributed by atoms with E-state index in [2.05, 4.69) is 10.6 Å². The average Bonchev–Trinajstić information content (AvgIpc) is 2.63. The van der Waals surface area contributed by atoms with E-state index in [0.717, 1.165) is 0 Å². The lowest BCUT2D eigenvalue weighted by Gasteiger charge is -2.18. The summed E-state index contributed by atoms with van der Waals surface area (Å²) in [5.74, 6) is 0.0443. The molecule has 2 N–H and O–H groups in total. The second-order valence-corrected chi connectivity index (χ2v) is 6.36. The second-order valence-electron chi connectivity index (χ2n) is 6.36. The van der Waals surface area contributed by atoms with Crippen molar-refractivity contribution in [3.8, 4) is 5.75 Å². The van der Waals surface area contributed by atoms with Gasteiger partial charge in [-0.3, -0.25) is 9.59 Å². The van der Waals surface area contributed by atoms with Gasteiger partial charge in [0.15, 0.2) is 0 Å². The van der Waals surface area contributed by atoms with Gasteiger partial charge in [0.1, 0.15) is 11.8 Å². The van der Waals surface area contributed by atoms with Crippen molar-refractivity contribution in [2.45, 2.75) is 39.2 Å². The van der Waals surface area contributed by atoms with E-state index in [9.17, 15) is 14.4 Å². The van der Waals surface area contributed by atoms with Gasteiger partial charge in [-0.15, -0.1) is 0 Å². The Bertz CT molecular complexity index is 598. The van der Waals surface area contributed by atoms with Gasteiger partial charge in [0.25, 0.3) is 5.91 Å². The van der Waals surface area contributed by atoms with Crippen LogP contribution < -0.4 is 15.4 Å². The van der Waals surface area contributed by atoms with Gasteiger partial charge in [0, 0.05) is 18.5 Å². The van der Waals surface area contributed by atoms with Gasteiger partial charge in [-0.05, 0) is 43.0 Å². The Balaban J connectivity index is 2.35. The van der Waals surface area contributed by atoms with Gasteiger partial charge in [-0.25, -0.2) is 4.79 Å². The number of benzene rings is 1. The number of esters is 1. The molecule has 0 saturated heterocycles. The largest absolute Gasteiger partial charge is 0.497 e. The third kappa shape index (κ3) is 7.55. The van der Waals surface area contributed by atoms with E-state index in [1.54, 1.807) is 31.4 Å². The Morgan fingerprint density at radius 1 is 1.08 bits per heavy atom. The molecule has 144 valence electrons. The Labute approximate surface area is 154 Å². The number of hydrogen-bond donors (Lipinski definition) is 2. The number of rotatable bonds is 10. The van der Waals surface area contributed by atoms with E-state index in [0.29, 0.717) is 30.7 Å². The van der Waals surface area contributed by atoms with E-state index >= 15 is 0 Å². The van der Waals surface area contributed by atoms with Crippen molar-refractivity contribution in [2.24, 2.45) is 5.92 Å². The van der Waals surface area contributed by atoms with Crippen molar-refractivity contribution >= 4 is 17.8 Å². The van der Waals surface area contributed by atoms with Gasteiger partial charge < -0.3 is 20.1 Å². The van der Waals surface area contributed by atoms with Crippen molar-refractivity contribution in [1.82, 2.24) is 10.6 Å². The monoisotopic (exact) mass is 364 g/mol. The van der Waals surface area contributed by atoms with Gasteiger partial charge in [-0.2, -0.15) is 0 Å². The van der Waals surface area contributed by atoms with Gasteiger partial charge in [-0.1, -0.05) is 13.8 Å². The average molecular weight is 364 g/mol. The second kappa shape index (κ2) is 11.1. The SMILES string of the molecule is COC(=O)[C@H](CC(C)C)NC(=O)CCCNC(=O)c1ccc(OC)cc1. The first kappa shape index (κ1) is 21.5. The van der Waals surface area contributed by atoms with E-state index in [1.807, 2.05) is 13.8 Å². The fourth-order valence-electron chi connectivity index (χ4n) is 2.39. The van der Waals surface area contributed by atoms with Crippen molar-refractivity contribution in [2.75, 3.05) is 20.8 Å². The molecule has 1 aromatic rings. The maximum Gasteiger partial charge on any atom is 0.328 e. The van der Waals surface area contributed by atoms with Crippen LogP contribution in [0.1, 0.15) is 43.5 Å². The van der Waals surface area contributed by atoms with Crippen LogP contribution in [0.4, 0.5) is 0 Å². The van der Waals surface area contributed by atoms with Crippen molar-refractivity contribution in [3.05, 3.63) is 29.8 Å². The molecule has 0 unspecified atom stereocenters. The van der Waals surface area contributed by atoms with E-state index < -0.39 is 12.0 Å². The van der Waals surface area contributed by atoms with Crippen molar-refractivity contribution in [3.63, 3.8) is 0 Å². The molecule has 1 rings (SSSR count). The highest BCUT2D eigenvalue weighted by molar-refractivity contribution is 5.94. The fourth-order valence-corrected chi connectivity index (χ4v) is 2.39.